The molecule has 0 unspecified atom stereocenters. The third-order valence-electron chi connectivity index (χ3n) is 5.06. The predicted molar refractivity (Wildman–Crippen MR) is 120 cm³/mol. The Labute approximate surface area is 190 Å². The molecule has 1 amide bonds. The SMILES string of the molecule is C=C(O)[C@@H](NC(=O)c1cn(-c2nc(N[C@H]3CCOC3)ncc2C)cn1)c1cccc(Cl)c1. The molecular weight excluding hydrogens is 432 g/mol. The number of carbonyl (C=O) groups excluding carboxylic acids is 1. The fourth-order valence-corrected chi connectivity index (χ4v) is 3.60. The monoisotopic (exact) mass is 454 g/mol. The molecule has 3 N–H and O–H groups in total. The molecule has 1 saturated heterocycles. The molecule has 2 atom stereocenters. The Balaban J connectivity index is 1.52. The molecule has 166 valence electrons. The Hall–Kier alpha value is -3.43. The van der Waals surface area contributed by atoms with Gasteiger partial charge in [-0.25, -0.2) is 9.97 Å². The zero-order valence-corrected chi connectivity index (χ0v) is 18.2. The summed E-state index contributed by atoms with van der Waals surface area (Å²) in [5.41, 5.74) is 1.59. The average molecular weight is 455 g/mol. The van der Waals surface area contributed by atoms with E-state index in [4.69, 9.17) is 16.3 Å². The van der Waals surface area contributed by atoms with Crippen molar-refractivity contribution in [2.75, 3.05) is 18.5 Å². The fourth-order valence-electron chi connectivity index (χ4n) is 3.40. The van der Waals surface area contributed by atoms with Crippen LogP contribution in [0.25, 0.3) is 5.82 Å². The number of imidazole rings is 1. The van der Waals surface area contributed by atoms with E-state index in [-0.39, 0.29) is 17.5 Å². The molecule has 1 fully saturated rings. The van der Waals surface area contributed by atoms with Gasteiger partial charge in [0.2, 0.25) is 5.95 Å². The smallest absolute Gasteiger partial charge is 0.272 e. The first kappa shape index (κ1) is 21.8. The molecule has 3 aromatic rings. The van der Waals surface area contributed by atoms with E-state index in [1.807, 2.05) is 6.92 Å². The Morgan fingerprint density at radius 3 is 2.97 bits per heavy atom. The van der Waals surface area contributed by atoms with Gasteiger partial charge in [-0.2, -0.15) is 4.98 Å². The molecule has 0 saturated carbocycles. The molecule has 10 heteroatoms. The van der Waals surface area contributed by atoms with Crippen molar-refractivity contribution in [2.45, 2.75) is 25.4 Å². The molecule has 0 spiro atoms. The van der Waals surface area contributed by atoms with Crippen LogP contribution in [0.15, 0.2) is 55.3 Å². The number of anilines is 1. The molecule has 0 aliphatic carbocycles. The van der Waals surface area contributed by atoms with Gasteiger partial charge in [0.1, 0.15) is 29.6 Å². The molecule has 4 rings (SSSR count). The lowest BCUT2D eigenvalue weighted by molar-refractivity contribution is 0.0929. The lowest BCUT2D eigenvalue weighted by Crippen LogP contribution is -2.30. The van der Waals surface area contributed by atoms with Crippen molar-refractivity contribution in [3.05, 3.63) is 77.2 Å². The second kappa shape index (κ2) is 9.37. The van der Waals surface area contributed by atoms with Gasteiger partial charge in [0, 0.05) is 29.6 Å². The van der Waals surface area contributed by atoms with Crippen molar-refractivity contribution in [1.82, 2.24) is 24.8 Å². The summed E-state index contributed by atoms with van der Waals surface area (Å²) in [5.74, 6) is 0.403. The molecule has 9 nitrogen and oxygen atoms in total. The minimum absolute atomic E-state index is 0.162. The quantitative estimate of drug-likeness (QED) is 0.469. The molecule has 1 aliphatic heterocycles. The van der Waals surface area contributed by atoms with Crippen LogP contribution in [-0.4, -0.2) is 49.8 Å². The molecule has 3 heterocycles. The van der Waals surface area contributed by atoms with E-state index in [0.717, 1.165) is 12.0 Å². The Kier molecular flexibility index (Phi) is 6.38. The van der Waals surface area contributed by atoms with Crippen LogP contribution in [0.5, 0.6) is 0 Å². The second-order valence-electron chi connectivity index (χ2n) is 7.52. The number of halogens is 1. The summed E-state index contributed by atoms with van der Waals surface area (Å²) >= 11 is 6.04. The van der Waals surface area contributed by atoms with E-state index in [2.05, 4.69) is 32.2 Å². The number of rotatable bonds is 7. The van der Waals surface area contributed by atoms with Gasteiger partial charge in [0.05, 0.1) is 12.6 Å². The van der Waals surface area contributed by atoms with E-state index in [1.165, 1.54) is 6.33 Å². The molecule has 0 radical (unpaired) electrons. The number of nitrogens with one attached hydrogen (secondary N) is 2. The van der Waals surface area contributed by atoms with Crippen LogP contribution in [0.1, 0.15) is 34.1 Å². The lowest BCUT2D eigenvalue weighted by Gasteiger charge is -2.17. The van der Waals surface area contributed by atoms with Crippen molar-refractivity contribution in [1.29, 1.82) is 0 Å². The van der Waals surface area contributed by atoms with E-state index < -0.39 is 11.9 Å². The summed E-state index contributed by atoms with van der Waals surface area (Å²) in [6.07, 6.45) is 5.69. The maximum absolute atomic E-state index is 12.8. The van der Waals surface area contributed by atoms with Crippen LogP contribution in [-0.2, 0) is 4.74 Å². The number of hydrogen-bond donors (Lipinski definition) is 3. The number of carbonyl (C=O) groups is 1. The van der Waals surface area contributed by atoms with E-state index >= 15 is 0 Å². The van der Waals surface area contributed by atoms with Gasteiger partial charge in [-0.1, -0.05) is 30.3 Å². The number of aryl methyl sites for hydroxylation is 1. The maximum atomic E-state index is 12.8. The largest absolute Gasteiger partial charge is 0.510 e. The molecule has 0 bridgehead atoms. The van der Waals surface area contributed by atoms with Crippen LogP contribution in [0.2, 0.25) is 5.02 Å². The number of nitrogens with zero attached hydrogens (tertiary/aromatic N) is 4. The Morgan fingerprint density at radius 2 is 2.25 bits per heavy atom. The number of benzene rings is 1. The first-order chi connectivity index (χ1) is 15.4. The fraction of sp³-hybridized carbons (Fsp3) is 0.273. The number of aromatic nitrogens is 4. The van der Waals surface area contributed by atoms with Gasteiger partial charge >= 0.3 is 0 Å². The third-order valence-corrected chi connectivity index (χ3v) is 5.29. The molecule has 1 aromatic carbocycles. The summed E-state index contributed by atoms with van der Waals surface area (Å²) in [7, 11) is 0. The highest BCUT2D eigenvalue weighted by atomic mass is 35.5. The molecule has 32 heavy (non-hydrogen) atoms. The van der Waals surface area contributed by atoms with Crippen LogP contribution < -0.4 is 10.6 Å². The zero-order valence-electron chi connectivity index (χ0n) is 17.5. The summed E-state index contributed by atoms with van der Waals surface area (Å²) < 4.78 is 7.03. The van der Waals surface area contributed by atoms with Crippen molar-refractivity contribution < 1.29 is 14.6 Å². The Bertz CT molecular complexity index is 1140. The summed E-state index contributed by atoms with van der Waals surface area (Å²) in [6.45, 7) is 6.77. The topological polar surface area (TPSA) is 114 Å². The minimum atomic E-state index is -0.823. The van der Waals surface area contributed by atoms with Crippen molar-refractivity contribution in [3.63, 3.8) is 0 Å². The van der Waals surface area contributed by atoms with Gasteiger partial charge in [-0.15, -0.1) is 0 Å². The Morgan fingerprint density at radius 1 is 1.41 bits per heavy atom. The molecule has 1 aliphatic rings. The van der Waals surface area contributed by atoms with E-state index in [9.17, 15) is 9.90 Å². The molecule has 2 aromatic heterocycles. The van der Waals surface area contributed by atoms with E-state index in [1.54, 1.807) is 41.2 Å². The van der Waals surface area contributed by atoms with Gasteiger partial charge < -0.3 is 20.5 Å². The third kappa shape index (κ3) is 4.90. The number of amides is 1. The average Bonchev–Trinajstić information content (AvgIpc) is 3.45. The van der Waals surface area contributed by atoms with Crippen LogP contribution in [0, 0.1) is 6.92 Å². The van der Waals surface area contributed by atoms with Gasteiger partial charge in [0.15, 0.2) is 0 Å². The van der Waals surface area contributed by atoms with Gasteiger partial charge in [-0.05, 0) is 31.0 Å². The highest BCUT2D eigenvalue weighted by Crippen LogP contribution is 2.23. The second-order valence-corrected chi connectivity index (χ2v) is 7.96. The molecular formula is C22H23ClN6O3. The van der Waals surface area contributed by atoms with Crippen LogP contribution >= 0.6 is 11.6 Å². The lowest BCUT2D eigenvalue weighted by atomic mass is 10.1. The maximum Gasteiger partial charge on any atom is 0.272 e. The number of hydrogen-bond acceptors (Lipinski definition) is 7. The minimum Gasteiger partial charge on any atom is -0.510 e. The normalized spacial score (nSPS) is 16.5. The van der Waals surface area contributed by atoms with Crippen molar-refractivity contribution >= 4 is 23.5 Å². The number of ether oxygens (including phenoxy) is 1. The zero-order chi connectivity index (χ0) is 22.7. The highest BCUT2D eigenvalue weighted by molar-refractivity contribution is 6.30. The standard InChI is InChI=1S/C22H23ClN6O3/c1-13-9-24-22(26-17-6-7-32-11-17)28-20(13)29-10-18(25-12-29)21(31)27-19(14(2)30)15-4-3-5-16(23)8-15/h3-5,8-10,12,17,19,30H,2,6-7,11H2,1H3,(H,27,31)(H,24,26,28)/t17-,19+/m0/s1. The summed E-state index contributed by atoms with van der Waals surface area (Å²) in [6, 6.07) is 6.18. The summed E-state index contributed by atoms with van der Waals surface area (Å²) in [4.78, 5) is 25.9. The highest BCUT2D eigenvalue weighted by Gasteiger charge is 2.21. The first-order valence-electron chi connectivity index (χ1n) is 10.1. The number of aliphatic hydroxyl groups excluding tert-OH is 1. The predicted octanol–water partition coefficient (Wildman–Crippen LogP) is 3.37. The van der Waals surface area contributed by atoms with Crippen LogP contribution in [0.4, 0.5) is 5.95 Å². The first-order valence-corrected chi connectivity index (χ1v) is 10.4. The van der Waals surface area contributed by atoms with Crippen molar-refractivity contribution in [2.24, 2.45) is 0 Å². The number of aliphatic hydroxyl groups is 1. The van der Waals surface area contributed by atoms with E-state index in [0.29, 0.717) is 35.6 Å². The van der Waals surface area contributed by atoms with Crippen molar-refractivity contribution in [3.8, 4) is 5.82 Å². The summed E-state index contributed by atoms with van der Waals surface area (Å²) in [5, 5.41) is 16.5. The van der Waals surface area contributed by atoms with Gasteiger partial charge in [0.25, 0.3) is 5.91 Å². The van der Waals surface area contributed by atoms with Crippen LogP contribution in [0.3, 0.4) is 0 Å². The van der Waals surface area contributed by atoms with Gasteiger partial charge in [-0.3, -0.25) is 9.36 Å².